The minimum atomic E-state index is -0.000593. The lowest BCUT2D eigenvalue weighted by Gasteiger charge is -2.30. The first-order chi connectivity index (χ1) is 13.4. The molecule has 0 aliphatic carbocycles. The monoisotopic (exact) mass is 413 g/mol. The van der Waals surface area contributed by atoms with E-state index in [1.807, 2.05) is 10.3 Å². The van der Waals surface area contributed by atoms with E-state index in [9.17, 15) is 4.79 Å². The second kappa shape index (κ2) is 7.67. The number of rotatable bonds is 3. The van der Waals surface area contributed by atoms with Crippen LogP contribution >= 0.6 is 22.7 Å². The maximum absolute atomic E-state index is 12.8. The van der Waals surface area contributed by atoms with Gasteiger partial charge in [0.25, 0.3) is 5.91 Å². The Bertz CT molecular complexity index is 952. The van der Waals surface area contributed by atoms with Crippen LogP contribution in [0.15, 0.2) is 29.4 Å². The molecule has 0 radical (unpaired) electrons. The summed E-state index contributed by atoms with van der Waals surface area (Å²) in [5.41, 5.74) is 2.43. The average Bonchev–Trinajstić information content (AvgIpc) is 3.38. The molecule has 1 saturated heterocycles. The first-order valence-corrected chi connectivity index (χ1v) is 11.1. The van der Waals surface area contributed by atoms with Crippen LogP contribution in [0, 0.1) is 0 Å². The Morgan fingerprint density at radius 1 is 1.11 bits per heavy atom. The standard InChI is InChI=1S/C20H23N5OS2/c1-20(2,3)16-12-28-17(24-16)13-4-8-25(9-5-13)19(26)15-11-27-18(23-15)14-10-21-6-7-22-14/h6-7,10-13H,4-5,8-9H2,1-3H3. The third-order valence-corrected chi connectivity index (χ3v) is 6.80. The fourth-order valence-corrected chi connectivity index (χ4v) is 5.18. The van der Waals surface area contributed by atoms with E-state index in [4.69, 9.17) is 4.98 Å². The number of hydrogen-bond donors (Lipinski definition) is 0. The number of aromatic nitrogens is 4. The van der Waals surface area contributed by atoms with Crippen LogP contribution in [0.1, 0.15) is 60.7 Å². The molecule has 0 bridgehead atoms. The predicted octanol–water partition coefficient (Wildman–Crippen LogP) is 4.37. The van der Waals surface area contributed by atoms with Crippen molar-refractivity contribution in [3.8, 4) is 10.7 Å². The van der Waals surface area contributed by atoms with E-state index in [-0.39, 0.29) is 11.3 Å². The van der Waals surface area contributed by atoms with Crippen LogP contribution in [-0.2, 0) is 5.41 Å². The van der Waals surface area contributed by atoms with Gasteiger partial charge >= 0.3 is 0 Å². The Hall–Kier alpha value is -2.19. The summed E-state index contributed by atoms with van der Waals surface area (Å²) in [6, 6.07) is 0. The molecule has 0 saturated carbocycles. The van der Waals surface area contributed by atoms with Gasteiger partial charge in [0.2, 0.25) is 0 Å². The number of piperidine rings is 1. The normalized spacial score (nSPS) is 15.8. The lowest BCUT2D eigenvalue weighted by molar-refractivity contribution is 0.0708. The molecule has 28 heavy (non-hydrogen) atoms. The Kier molecular flexibility index (Phi) is 5.25. The lowest BCUT2D eigenvalue weighted by atomic mass is 9.93. The molecular weight excluding hydrogens is 390 g/mol. The van der Waals surface area contributed by atoms with Gasteiger partial charge in [0.15, 0.2) is 0 Å². The highest BCUT2D eigenvalue weighted by molar-refractivity contribution is 7.13. The highest BCUT2D eigenvalue weighted by atomic mass is 32.1. The molecule has 4 rings (SSSR count). The fraction of sp³-hybridized carbons (Fsp3) is 0.450. The summed E-state index contributed by atoms with van der Waals surface area (Å²) in [7, 11) is 0. The number of thiazole rings is 2. The zero-order chi connectivity index (χ0) is 19.7. The molecular formula is C20H23N5OS2. The van der Waals surface area contributed by atoms with Gasteiger partial charge in [-0.05, 0) is 12.8 Å². The quantitative estimate of drug-likeness (QED) is 0.637. The van der Waals surface area contributed by atoms with Gasteiger partial charge in [-0.1, -0.05) is 20.8 Å². The van der Waals surface area contributed by atoms with Crippen molar-refractivity contribution in [1.82, 2.24) is 24.8 Å². The molecule has 0 spiro atoms. The third-order valence-electron chi connectivity index (χ3n) is 4.93. The van der Waals surface area contributed by atoms with Crippen molar-refractivity contribution in [3.63, 3.8) is 0 Å². The van der Waals surface area contributed by atoms with E-state index in [1.54, 1.807) is 29.9 Å². The Labute approximate surface area is 172 Å². The lowest BCUT2D eigenvalue weighted by Crippen LogP contribution is -2.38. The maximum Gasteiger partial charge on any atom is 0.273 e. The molecule has 0 unspecified atom stereocenters. The molecule has 4 heterocycles. The van der Waals surface area contributed by atoms with Crippen LogP contribution in [0.3, 0.4) is 0 Å². The second-order valence-corrected chi connectivity index (χ2v) is 9.76. The van der Waals surface area contributed by atoms with E-state index >= 15 is 0 Å². The van der Waals surface area contributed by atoms with Gasteiger partial charge in [0.1, 0.15) is 16.4 Å². The average molecular weight is 414 g/mol. The van der Waals surface area contributed by atoms with Crippen molar-refractivity contribution in [2.75, 3.05) is 13.1 Å². The zero-order valence-corrected chi connectivity index (χ0v) is 17.9. The Morgan fingerprint density at radius 3 is 2.54 bits per heavy atom. The molecule has 8 heteroatoms. The molecule has 1 amide bonds. The Balaban J connectivity index is 1.39. The minimum absolute atomic E-state index is 0.000593. The molecule has 3 aromatic rings. The summed E-state index contributed by atoms with van der Waals surface area (Å²) in [6.07, 6.45) is 6.82. The van der Waals surface area contributed by atoms with Crippen molar-refractivity contribution in [3.05, 3.63) is 45.7 Å². The number of carbonyl (C=O) groups excluding carboxylic acids is 1. The van der Waals surface area contributed by atoms with Crippen LogP contribution in [0.4, 0.5) is 0 Å². The molecule has 1 fully saturated rings. The summed E-state index contributed by atoms with van der Waals surface area (Å²) >= 11 is 3.18. The van der Waals surface area contributed by atoms with Gasteiger partial charge in [-0.25, -0.2) is 9.97 Å². The zero-order valence-electron chi connectivity index (χ0n) is 16.3. The van der Waals surface area contributed by atoms with E-state index in [2.05, 4.69) is 41.1 Å². The van der Waals surface area contributed by atoms with E-state index < -0.39 is 0 Å². The molecule has 6 nitrogen and oxygen atoms in total. The van der Waals surface area contributed by atoms with E-state index in [0.717, 1.165) is 36.6 Å². The highest BCUT2D eigenvalue weighted by Gasteiger charge is 2.28. The molecule has 0 aromatic carbocycles. The van der Waals surface area contributed by atoms with Crippen LogP contribution in [0.25, 0.3) is 10.7 Å². The number of likely N-dealkylation sites (tertiary alicyclic amines) is 1. The second-order valence-electron chi connectivity index (χ2n) is 8.02. The van der Waals surface area contributed by atoms with Gasteiger partial charge < -0.3 is 4.90 Å². The van der Waals surface area contributed by atoms with Gasteiger partial charge in [0, 0.05) is 47.6 Å². The fourth-order valence-electron chi connectivity index (χ4n) is 3.21. The SMILES string of the molecule is CC(C)(C)c1csc(C2CCN(C(=O)c3csc(-c4cnccn4)n3)CC2)n1. The number of hydrogen-bond acceptors (Lipinski definition) is 7. The van der Waals surface area contributed by atoms with Crippen molar-refractivity contribution >= 4 is 28.6 Å². The van der Waals surface area contributed by atoms with E-state index in [0.29, 0.717) is 17.3 Å². The van der Waals surface area contributed by atoms with Gasteiger partial charge in [0.05, 0.1) is 16.9 Å². The maximum atomic E-state index is 12.8. The number of nitrogens with zero attached hydrogens (tertiary/aromatic N) is 5. The van der Waals surface area contributed by atoms with Crippen LogP contribution in [0.5, 0.6) is 0 Å². The van der Waals surface area contributed by atoms with Crippen molar-refractivity contribution in [2.45, 2.75) is 44.9 Å². The smallest absolute Gasteiger partial charge is 0.273 e. The number of amides is 1. The summed E-state index contributed by atoms with van der Waals surface area (Å²) in [6.45, 7) is 8.06. The Morgan fingerprint density at radius 2 is 1.89 bits per heavy atom. The minimum Gasteiger partial charge on any atom is -0.337 e. The van der Waals surface area contributed by atoms with Crippen LogP contribution in [-0.4, -0.2) is 43.8 Å². The van der Waals surface area contributed by atoms with Crippen molar-refractivity contribution in [2.24, 2.45) is 0 Å². The van der Waals surface area contributed by atoms with Gasteiger partial charge in [-0.2, -0.15) is 0 Å². The molecule has 0 N–H and O–H groups in total. The molecule has 1 aliphatic rings. The first-order valence-electron chi connectivity index (χ1n) is 9.39. The largest absolute Gasteiger partial charge is 0.337 e. The van der Waals surface area contributed by atoms with E-state index in [1.165, 1.54) is 16.3 Å². The first kappa shape index (κ1) is 19.1. The predicted molar refractivity (Wildman–Crippen MR) is 112 cm³/mol. The van der Waals surface area contributed by atoms with Crippen LogP contribution in [0.2, 0.25) is 0 Å². The summed E-state index contributed by atoms with van der Waals surface area (Å²) < 4.78 is 0. The number of carbonyl (C=O) groups is 1. The molecule has 146 valence electrons. The summed E-state index contributed by atoms with van der Waals surface area (Å²) in [4.78, 5) is 32.4. The van der Waals surface area contributed by atoms with Gasteiger partial charge in [-0.15, -0.1) is 22.7 Å². The third kappa shape index (κ3) is 3.98. The summed E-state index contributed by atoms with van der Waals surface area (Å²) in [5.74, 6) is 0.440. The topological polar surface area (TPSA) is 71.9 Å². The molecule has 0 atom stereocenters. The summed E-state index contributed by atoms with van der Waals surface area (Å²) in [5, 5.41) is 5.92. The van der Waals surface area contributed by atoms with Crippen LogP contribution < -0.4 is 0 Å². The highest BCUT2D eigenvalue weighted by Crippen LogP contribution is 2.33. The van der Waals surface area contributed by atoms with Gasteiger partial charge in [-0.3, -0.25) is 14.8 Å². The molecule has 3 aromatic heterocycles. The van der Waals surface area contributed by atoms with Crippen molar-refractivity contribution < 1.29 is 4.79 Å². The van der Waals surface area contributed by atoms with Crippen molar-refractivity contribution in [1.29, 1.82) is 0 Å². The molecule has 1 aliphatic heterocycles.